The zero-order chi connectivity index (χ0) is 11.5. The topological polar surface area (TPSA) is 52.5 Å². The van der Waals surface area contributed by atoms with Gasteiger partial charge in [0, 0.05) is 0 Å². The number of imidazole rings is 1. The molecule has 0 bridgehead atoms. The third-order valence-electron chi connectivity index (χ3n) is 2.11. The molecular weight excluding hydrogens is 273 g/mol. The van der Waals surface area contributed by atoms with Crippen LogP contribution in [0.1, 0.15) is 5.69 Å². The minimum atomic E-state index is -0.341. The highest BCUT2D eigenvalue weighted by Crippen LogP contribution is 2.23. The molecule has 0 amide bonds. The van der Waals surface area contributed by atoms with Crippen molar-refractivity contribution in [3.8, 4) is 17.5 Å². The quantitative estimate of drug-likeness (QED) is 0.919. The third kappa shape index (κ3) is 1.97. The van der Waals surface area contributed by atoms with Crippen molar-refractivity contribution in [1.82, 2.24) is 9.97 Å². The van der Waals surface area contributed by atoms with E-state index in [0.29, 0.717) is 21.7 Å². The van der Waals surface area contributed by atoms with Crippen LogP contribution in [0.2, 0.25) is 0 Å². The molecule has 2 aromatic rings. The summed E-state index contributed by atoms with van der Waals surface area (Å²) in [6.45, 7) is 0. The van der Waals surface area contributed by atoms with Gasteiger partial charge < -0.3 is 4.98 Å². The van der Waals surface area contributed by atoms with Crippen LogP contribution in [-0.2, 0) is 6.42 Å². The van der Waals surface area contributed by atoms with Crippen LogP contribution in [0.15, 0.2) is 28.9 Å². The Morgan fingerprint density at radius 3 is 2.88 bits per heavy atom. The fourth-order valence-electron chi connectivity index (χ4n) is 1.37. The van der Waals surface area contributed by atoms with E-state index in [2.05, 4.69) is 25.9 Å². The van der Waals surface area contributed by atoms with Crippen molar-refractivity contribution in [2.45, 2.75) is 6.42 Å². The summed E-state index contributed by atoms with van der Waals surface area (Å²) in [6, 6.07) is 8.37. The number of nitriles is 1. The summed E-state index contributed by atoms with van der Waals surface area (Å²) < 4.78 is 14.0. The van der Waals surface area contributed by atoms with E-state index in [-0.39, 0.29) is 12.2 Å². The summed E-state index contributed by atoms with van der Waals surface area (Å²) in [7, 11) is 0. The minimum Gasteiger partial charge on any atom is -0.340 e. The van der Waals surface area contributed by atoms with Gasteiger partial charge in [-0.05, 0) is 28.1 Å². The molecule has 0 aliphatic heterocycles. The van der Waals surface area contributed by atoms with E-state index >= 15 is 0 Å². The van der Waals surface area contributed by atoms with Crippen molar-refractivity contribution in [1.29, 1.82) is 5.26 Å². The summed E-state index contributed by atoms with van der Waals surface area (Å²) in [4.78, 5) is 7.05. The van der Waals surface area contributed by atoms with Crippen LogP contribution >= 0.6 is 15.9 Å². The molecule has 0 saturated heterocycles. The Morgan fingerprint density at radius 1 is 1.44 bits per heavy atom. The zero-order valence-corrected chi connectivity index (χ0v) is 9.75. The van der Waals surface area contributed by atoms with Crippen LogP contribution in [0.3, 0.4) is 0 Å². The molecule has 1 aromatic heterocycles. The standard InChI is InChI=1S/C11H7BrFN3/c12-10-9(5-6-14)15-11(16-10)7-3-1-2-4-8(7)13/h1-4H,5H2,(H,15,16). The van der Waals surface area contributed by atoms with Crippen molar-refractivity contribution in [3.63, 3.8) is 0 Å². The van der Waals surface area contributed by atoms with Crippen LogP contribution in [0.5, 0.6) is 0 Å². The summed E-state index contributed by atoms with van der Waals surface area (Å²) in [5.41, 5.74) is 1.05. The van der Waals surface area contributed by atoms with Gasteiger partial charge in [-0.1, -0.05) is 12.1 Å². The van der Waals surface area contributed by atoms with Gasteiger partial charge in [0.2, 0.25) is 0 Å². The van der Waals surface area contributed by atoms with Gasteiger partial charge >= 0.3 is 0 Å². The van der Waals surface area contributed by atoms with Gasteiger partial charge in [-0.15, -0.1) is 0 Å². The first kappa shape index (κ1) is 10.8. The molecule has 1 heterocycles. The molecule has 80 valence electrons. The van der Waals surface area contributed by atoms with Crippen molar-refractivity contribution in [2.75, 3.05) is 0 Å². The first-order chi connectivity index (χ1) is 7.72. The van der Waals surface area contributed by atoms with Crippen molar-refractivity contribution < 1.29 is 4.39 Å². The summed E-state index contributed by atoms with van der Waals surface area (Å²) in [6.07, 6.45) is 0.210. The molecule has 3 nitrogen and oxygen atoms in total. The Morgan fingerprint density at radius 2 is 2.19 bits per heavy atom. The van der Waals surface area contributed by atoms with Gasteiger partial charge in [0.25, 0.3) is 0 Å². The molecule has 0 atom stereocenters. The fourth-order valence-corrected chi connectivity index (χ4v) is 1.78. The average Bonchev–Trinajstić information content (AvgIpc) is 2.61. The van der Waals surface area contributed by atoms with Crippen LogP contribution in [-0.4, -0.2) is 9.97 Å². The maximum absolute atomic E-state index is 13.5. The normalized spacial score (nSPS) is 10.1. The number of hydrogen-bond donors (Lipinski definition) is 1. The van der Waals surface area contributed by atoms with E-state index in [0.717, 1.165) is 0 Å². The number of aromatic nitrogens is 2. The first-order valence-corrected chi connectivity index (χ1v) is 5.38. The largest absolute Gasteiger partial charge is 0.340 e. The summed E-state index contributed by atoms with van der Waals surface area (Å²) in [5.74, 6) is 0.0856. The minimum absolute atomic E-state index is 0.210. The molecule has 0 fully saturated rings. The van der Waals surface area contributed by atoms with Gasteiger partial charge in [-0.3, -0.25) is 0 Å². The number of halogens is 2. The fraction of sp³-hybridized carbons (Fsp3) is 0.0909. The Hall–Kier alpha value is -1.67. The lowest BCUT2D eigenvalue weighted by Gasteiger charge is -1.97. The second-order valence-electron chi connectivity index (χ2n) is 3.17. The number of aromatic amines is 1. The maximum Gasteiger partial charge on any atom is 0.141 e. The molecule has 0 aliphatic rings. The van der Waals surface area contributed by atoms with Gasteiger partial charge in [0.05, 0.1) is 23.7 Å². The van der Waals surface area contributed by atoms with Crippen LogP contribution in [0, 0.1) is 17.1 Å². The van der Waals surface area contributed by atoms with E-state index in [4.69, 9.17) is 5.26 Å². The predicted octanol–water partition coefficient (Wildman–Crippen LogP) is 3.04. The molecule has 0 saturated carbocycles. The zero-order valence-electron chi connectivity index (χ0n) is 8.17. The molecule has 0 unspecified atom stereocenters. The Balaban J connectivity index is 2.46. The van der Waals surface area contributed by atoms with E-state index in [9.17, 15) is 4.39 Å². The highest BCUT2D eigenvalue weighted by molar-refractivity contribution is 9.10. The van der Waals surface area contributed by atoms with Crippen LogP contribution in [0.4, 0.5) is 4.39 Å². The van der Waals surface area contributed by atoms with Gasteiger partial charge in [-0.25, -0.2) is 9.37 Å². The van der Waals surface area contributed by atoms with E-state index in [1.807, 2.05) is 6.07 Å². The lowest BCUT2D eigenvalue weighted by Crippen LogP contribution is -1.86. The molecule has 1 N–H and O–H groups in total. The highest BCUT2D eigenvalue weighted by Gasteiger charge is 2.11. The SMILES string of the molecule is N#CCc1[nH]c(-c2ccccc2F)nc1Br. The Labute approximate surface area is 100 Å². The van der Waals surface area contributed by atoms with Crippen molar-refractivity contribution in [2.24, 2.45) is 0 Å². The molecule has 2 rings (SSSR count). The second kappa shape index (κ2) is 4.45. The highest BCUT2D eigenvalue weighted by atomic mass is 79.9. The smallest absolute Gasteiger partial charge is 0.141 e. The molecule has 0 aliphatic carbocycles. The number of benzene rings is 1. The summed E-state index contributed by atoms with van der Waals surface area (Å²) in [5, 5.41) is 8.59. The van der Waals surface area contributed by atoms with Crippen molar-refractivity contribution in [3.05, 3.63) is 40.4 Å². The van der Waals surface area contributed by atoms with Crippen LogP contribution < -0.4 is 0 Å². The van der Waals surface area contributed by atoms with E-state index in [1.54, 1.807) is 18.2 Å². The lowest BCUT2D eigenvalue weighted by atomic mass is 10.2. The van der Waals surface area contributed by atoms with E-state index < -0.39 is 0 Å². The Bertz CT molecular complexity index is 557. The molecule has 5 heteroatoms. The van der Waals surface area contributed by atoms with Gasteiger partial charge in [-0.2, -0.15) is 5.26 Å². The number of rotatable bonds is 2. The average molecular weight is 280 g/mol. The molecule has 0 radical (unpaired) electrons. The van der Waals surface area contributed by atoms with Gasteiger partial charge in [0.1, 0.15) is 16.2 Å². The molecule has 1 aromatic carbocycles. The first-order valence-electron chi connectivity index (χ1n) is 4.58. The third-order valence-corrected chi connectivity index (χ3v) is 2.77. The van der Waals surface area contributed by atoms with Crippen LogP contribution in [0.25, 0.3) is 11.4 Å². The molecule has 0 spiro atoms. The number of hydrogen-bond acceptors (Lipinski definition) is 2. The number of nitrogens with zero attached hydrogens (tertiary/aromatic N) is 2. The Kier molecular flexibility index (Phi) is 3.02. The monoisotopic (exact) mass is 279 g/mol. The number of H-pyrrole nitrogens is 1. The van der Waals surface area contributed by atoms with Crippen molar-refractivity contribution >= 4 is 15.9 Å². The summed E-state index contributed by atoms with van der Waals surface area (Å²) >= 11 is 3.22. The number of nitrogens with one attached hydrogen (secondary N) is 1. The lowest BCUT2D eigenvalue weighted by molar-refractivity contribution is 0.630. The van der Waals surface area contributed by atoms with Gasteiger partial charge in [0.15, 0.2) is 0 Å². The second-order valence-corrected chi connectivity index (χ2v) is 3.92. The molecular formula is C11H7BrFN3. The maximum atomic E-state index is 13.5. The molecule has 16 heavy (non-hydrogen) atoms. The van der Waals surface area contributed by atoms with E-state index in [1.165, 1.54) is 6.07 Å². The predicted molar refractivity (Wildman–Crippen MR) is 61.0 cm³/mol.